The topological polar surface area (TPSA) is 17.1 Å². The van der Waals surface area contributed by atoms with Crippen LogP contribution in [0.2, 0.25) is 0 Å². The van der Waals surface area contributed by atoms with Crippen molar-refractivity contribution in [1.82, 2.24) is 0 Å². The van der Waals surface area contributed by atoms with Crippen molar-refractivity contribution in [1.29, 1.82) is 0 Å². The molecule has 0 atom stereocenters. The summed E-state index contributed by atoms with van der Waals surface area (Å²) < 4.78 is 12.1. The molecular weight excluding hydrogens is 175 g/mol. The lowest BCUT2D eigenvalue weighted by Gasteiger charge is -2.37. The van der Waals surface area contributed by atoms with E-state index in [9.17, 15) is 4.57 Å². The van der Waals surface area contributed by atoms with E-state index in [0.717, 1.165) is 0 Å². The molecule has 0 spiro atoms. The molecule has 0 amide bonds. The van der Waals surface area contributed by atoms with Gasteiger partial charge in [-0.2, -0.15) is 0 Å². The SMILES string of the molecule is CC(C)(C)P(=O)(S)C(C)(C)C. The lowest BCUT2D eigenvalue weighted by atomic mass is 10.2. The summed E-state index contributed by atoms with van der Waals surface area (Å²) >= 11 is 4.30. The van der Waals surface area contributed by atoms with Gasteiger partial charge in [-0.1, -0.05) is 41.5 Å². The third-order valence-electron chi connectivity index (χ3n) is 1.82. The summed E-state index contributed by atoms with van der Waals surface area (Å²) in [4.78, 5) is 0. The van der Waals surface area contributed by atoms with Crippen molar-refractivity contribution in [3.05, 3.63) is 0 Å². The molecule has 0 heterocycles. The van der Waals surface area contributed by atoms with Crippen LogP contribution in [0.3, 0.4) is 0 Å². The van der Waals surface area contributed by atoms with Gasteiger partial charge < -0.3 is 4.57 Å². The highest BCUT2D eigenvalue weighted by Crippen LogP contribution is 2.70. The molecule has 0 N–H and O–H groups in total. The summed E-state index contributed by atoms with van der Waals surface area (Å²) in [6.07, 6.45) is -2.37. The molecule has 0 fully saturated rings. The molecule has 0 aromatic heterocycles. The van der Waals surface area contributed by atoms with Crippen LogP contribution < -0.4 is 0 Å². The average Bonchev–Trinajstić information content (AvgIpc) is 1.58. The van der Waals surface area contributed by atoms with Gasteiger partial charge in [-0.05, 0) is 0 Å². The van der Waals surface area contributed by atoms with Gasteiger partial charge in [0.1, 0.15) is 6.34 Å². The van der Waals surface area contributed by atoms with Crippen molar-refractivity contribution >= 4 is 18.6 Å². The first kappa shape index (κ1) is 11.6. The average molecular weight is 194 g/mol. The quantitative estimate of drug-likeness (QED) is 0.458. The van der Waals surface area contributed by atoms with Gasteiger partial charge in [0.15, 0.2) is 0 Å². The molecule has 68 valence electrons. The number of rotatable bonds is 0. The van der Waals surface area contributed by atoms with Crippen molar-refractivity contribution in [2.45, 2.75) is 51.9 Å². The predicted octanol–water partition coefficient (Wildman–Crippen LogP) is 3.79. The number of hydrogen-bond donors (Lipinski definition) is 1. The highest BCUT2D eigenvalue weighted by Gasteiger charge is 2.42. The minimum Gasteiger partial charge on any atom is -0.311 e. The highest BCUT2D eigenvalue weighted by atomic mass is 32.7. The van der Waals surface area contributed by atoms with Crippen LogP contribution in [0.15, 0.2) is 0 Å². The zero-order chi connectivity index (χ0) is 9.50. The van der Waals surface area contributed by atoms with E-state index in [-0.39, 0.29) is 10.3 Å². The zero-order valence-electron chi connectivity index (χ0n) is 8.30. The fourth-order valence-corrected chi connectivity index (χ4v) is 3.02. The fourth-order valence-electron chi connectivity index (χ4n) is 1.01. The summed E-state index contributed by atoms with van der Waals surface area (Å²) in [5.41, 5.74) is 0. The minimum atomic E-state index is -2.37. The smallest absolute Gasteiger partial charge is 0.146 e. The van der Waals surface area contributed by atoms with Gasteiger partial charge in [0.2, 0.25) is 0 Å². The molecule has 11 heavy (non-hydrogen) atoms. The Labute approximate surface area is 75.5 Å². The molecule has 0 radical (unpaired) electrons. The Morgan fingerprint density at radius 1 is 0.909 bits per heavy atom. The molecular formula is C8H19OPS. The van der Waals surface area contributed by atoms with E-state index in [1.165, 1.54) is 0 Å². The number of thiol groups is 1. The third-order valence-corrected chi connectivity index (χ3v) is 9.06. The van der Waals surface area contributed by atoms with Crippen LogP contribution in [0.5, 0.6) is 0 Å². The van der Waals surface area contributed by atoms with Crippen LogP contribution >= 0.6 is 18.6 Å². The highest BCUT2D eigenvalue weighted by molar-refractivity contribution is 8.49. The van der Waals surface area contributed by atoms with Gasteiger partial charge in [-0.15, -0.1) is 12.2 Å². The van der Waals surface area contributed by atoms with Crippen LogP contribution in [0.25, 0.3) is 0 Å². The van der Waals surface area contributed by atoms with E-state index in [4.69, 9.17) is 0 Å². The summed E-state index contributed by atoms with van der Waals surface area (Å²) in [6, 6.07) is 0. The van der Waals surface area contributed by atoms with E-state index in [2.05, 4.69) is 12.2 Å². The molecule has 0 unspecified atom stereocenters. The zero-order valence-corrected chi connectivity index (χ0v) is 10.1. The Bertz CT molecular complexity index is 167. The Morgan fingerprint density at radius 2 is 1.09 bits per heavy atom. The second-order valence-electron chi connectivity index (χ2n) is 4.92. The molecule has 1 nitrogen and oxygen atoms in total. The summed E-state index contributed by atoms with van der Waals surface area (Å²) in [7, 11) is 0. The fraction of sp³-hybridized carbons (Fsp3) is 1.00. The Balaban J connectivity index is 4.92. The Hall–Kier alpha value is 0.580. The molecule has 0 aromatic rings. The van der Waals surface area contributed by atoms with Crippen molar-refractivity contribution in [2.75, 3.05) is 0 Å². The molecule has 0 aromatic carbocycles. The third kappa shape index (κ3) is 2.26. The predicted molar refractivity (Wildman–Crippen MR) is 56.1 cm³/mol. The molecule has 0 saturated carbocycles. The minimum absolute atomic E-state index is 0.200. The first-order valence-corrected chi connectivity index (χ1v) is 6.69. The molecule has 0 saturated heterocycles. The lowest BCUT2D eigenvalue weighted by molar-refractivity contribution is 0.534. The molecule has 0 aliphatic heterocycles. The second-order valence-corrected chi connectivity index (χ2v) is 10.4. The van der Waals surface area contributed by atoms with Crippen molar-refractivity contribution in [3.63, 3.8) is 0 Å². The molecule has 3 heteroatoms. The van der Waals surface area contributed by atoms with Gasteiger partial charge in [0, 0.05) is 10.3 Å². The molecule has 0 aliphatic carbocycles. The summed E-state index contributed by atoms with van der Waals surface area (Å²) in [5, 5.41) is -0.400. The van der Waals surface area contributed by atoms with Crippen LogP contribution in [-0.2, 0) is 4.57 Å². The van der Waals surface area contributed by atoms with Gasteiger partial charge in [0.25, 0.3) is 0 Å². The largest absolute Gasteiger partial charge is 0.311 e. The maximum Gasteiger partial charge on any atom is 0.146 e. The van der Waals surface area contributed by atoms with Crippen LogP contribution in [-0.4, -0.2) is 10.3 Å². The Morgan fingerprint density at radius 3 is 1.09 bits per heavy atom. The molecule has 0 aliphatic rings. The van der Waals surface area contributed by atoms with Gasteiger partial charge in [-0.3, -0.25) is 0 Å². The van der Waals surface area contributed by atoms with Crippen LogP contribution in [0, 0.1) is 0 Å². The van der Waals surface area contributed by atoms with Crippen molar-refractivity contribution in [3.8, 4) is 0 Å². The first-order chi connectivity index (χ1) is 4.50. The summed E-state index contributed by atoms with van der Waals surface area (Å²) in [6.45, 7) is 11.9. The standard InChI is InChI=1S/C8H19OPS/c1-7(2,3)10(9,11)8(4,5)6/h1-6H3,(H,9,11). The Kier molecular flexibility index (Phi) is 2.96. The van der Waals surface area contributed by atoms with Crippen LogP contribution in [0.4, 0.5) is 0 Å². The monoisotopic (exact) mass is 194 g/mol. The van der Waals surface area contributed by atoms with Crippen molar-refractivity contribution < 1.29 is 4.57 Å². The van der Waals surface area contributed by atoms with Gasteiger partial charge >= 0.3 is 0 Å². The summed E-state index contributed by atoms with van der Waals surface area (Å²) in [5.74, 6) is 0. The van der Waals surface area contributed by atoms with E-state index in [0.29, 0.717) is 0 Å². The van der Waals surface area contributed by atoms with Gasteiger partial charge in [0.05, 0.1) is 0 Å². The number of hydrogen-bond acceptors (Lipinski definition) is 1. The first-order valence-electron chi connectivity index (χ1n) is 3.83. The molecule has 0 rings (SSSR count). The van der Waals surface area contributed by atoms with E-state index in [1.807, 2.05) is 41.5 Å². The maximum atomic E-state index is 12.1. The second kappa shape index (κ2) is 2.81. The lowest BCUT2D eigenvalue weighted by Crippen LogP contribution is -2.25. The van der Waals surface area contributed by atoms with Crippen molar-refractivity contribution in [2.24, 2.45) is 0 Å². The van der Waals surface area contributed by atoms with E-state index in [1.54, 1.807) is 0 Å². The van der Waals surface area contributed by atoms with Gasteiger partial charge in [-0.25, -0.2) is 0 Å². The van der Waals surface area contributed by atoms with E-state index >= 15 is 0 Å². The normalized spacial score (nSPS) is 15.2. The van der Waals surface area contributed by atoms with E-state index < -0.39 is 6.34 Å². The van der Waals surface area contributed by atoms with Crippen LogP contribution in [0.1, 0.15) is 41.5 Å². The molecule has 0 bridgehead atoms. The maximum absolute atomic E-state index is 12.1.